The van der Waals surface area contributed by atoms with Crippen LogP contribution in [0, 0.1) is 0 Å². The van der Waals surface area contributed by atoms with Crippen molar-refractivity contribution in [3.63, 3.8) is 0 Å². The summed E-state index contributed by atoms with van der Waals surface area (Å²) >= 11 is 1.58. The van der Waals surface area contributed by atoms with Crippen molar-refractivity contribution >= 4 is 17.7 Å². The minimum atomic E-state index is -0.376. The third-order valence-corrected chi connectivity index (χ3v) is 3.89. The zero-order valence-corrected chi connectivity index (χ0v) is 8.85. The fourth-order valence-corrected chi connectivity index (χ4v) is 2.93. The van der Waals surface area contributed by atoms with Gasteiger partial charge in [0.05, 0.1) is 12.0 Å². The Morgan fingerprint density at radius 2 is 2.47 bits per heavy atom. The van der Waals surface area contributed by atoms with Gasteiger partial charge in [-0.2, -0.15) is 4.98 Å². The lowest BCUT2D eigenvalue weighted by atomic mass is 10.2. The van der Waals surface area contributed by atoms with E-state index in [1.165, 1.54) is 10.9 Å². The second kappa shape index (κ2) is 4.19. The summed E-state index contributed by atoms with van der Waals surface area (Å²) in [6, 6.07) is 0. The molecule has 1 fully saturated rings. The van der Waals surface area contributed by atoms with Crippen LogP contribution in [-0.4, -0.2) is 31.5 Å². The molecule has 2 heterocycles. The lowest BCUT2D eigenvalue weighted by Gasteiger charge is -2.11. The van der Waals surface area contributed by atoms with Crippen LogP contribution in [0.2, 0.25) is 0 Å². The molecule has 3 N–H and O–H groups in total. The number of aromatic nitrogens is 3. The smallest absolute Gasteiger partial charge is 0.353 e. The van der Waals surface area contributed by atoms with Gasteiger partial charge in [-0.25, -0.2) is 9.78 Å². The highest BCUT2D eigenvalue weighted by Gasteiger charge is 2.26. The molecule has 1 aromatic rings. The van der Waals surface area contributed by atoms with Crippen LogP contribution in [-0.2, 0) is 0 Å². The van der Waals surface area contributed by atoms with Crippen LogP contribution in [0.4, 0.5) is 5.95 Å². The van der Waals surface area contributed by atoms with Crippen molar-refractivity contribution in [2.24, 2.45) is 0 Å². The van der Waals surface area contributed by atoms with Gasteiger partial charge in [0.15, 0.2) is 0 Å². The summed E-state index contributed by atoms with van der Waals surface area (Å²) in [6.45, 7) is 0.145. The zero-order valence-electron chi connectivity index (χ0n) is 8.04. The van der Waals surface area contributed by atoms with Crippen LogP contribution in [0.3, 0.4) is 0 Å². The fraction of sp³-hybridized carbons (Fsp3) is 0.625. The molecule has 15 heavy (non-hydrogen) atoms. The van der Waals surface area contributed by atoms with E-state index >= 15 is 0 Å². The molecule has 0 saturated carbocycles. The topological polar surface area (TPSA) is 94.0 Å². The van der Waals surface area contributed by atoms with Gasteiger partial charge < -0.3 is 10.8 Å². The Hall–Kier alpha value is -1.08. The van der Waals surface area contributed by atoms with E-state index in [1.54, 1.807) is 11.8 Å². The molecule has 2 atom stereocenters. The van der Waals surface area contributed by atoms with Gasteiger partial charge in [0.25, 0.3) is 0 Å². The predicted octanol–water partition coefficient (Wildman–Crippen LogP) is -0.393. The Balaban J connectivity index is 2.20. The van der Waals surface area contributed by atoms with Crippen LogP contribution in [0.25, 0.3) is 0 Å². The molecule has 0 unspecified atom stereocenters. The van der Waals surface area contributed by atoms with Crippen molar-refractivity contribution < 1.29 is 5.11 Å². The van der Waals surface area contributed by atoms with E-state index in [-0.39, 0.29) is 28.9 Å². The largest absolute Gasteiger partial charge is 0.395 e. The standard InChI is InChI=1S/C8H12N4O2S/c9-7-10-4-12(8(14)11-7)6-2-1-5(3-13)15-6/h4-6,13H,1-3H2,(H2,9,11,14)/t5-,6+/m0/s1. The zero-order chi connectivity index (χ0) is 10.8. The maximum atomic E-state index is 11.5. The molecule has 0 aliphatic carbocycles. The van der Waals surface area contributed by atoms with E-state index in [2.05, 4.69) is 9.97 Å². The summed E-state index contributed by atoms with van der Waals surface area (Å²) in [5.41, 5.74) is 4.92. The molecule has 7 heteroatoms. The Morgan fingerprint density at radius 3 is 3.07 bits per heavy atom. The van der Waals surface area contributed by atoms with Crippen molar-refractivity contribution in [2.45, 2.75) is 23.5 Å². The highest BCUT2D eigenvalue weighted by atomic mass is 32.2. The predicted molar refractivity (Wildman–Crippen MR) is 57.4 cm³/mol. The number of thioether (sulfide) groups is 1. The van der Waals surface area contributed by atoms with E-state index < -0.39 is 0 Å². The molecule has 0 spiro atoms. The van der Waals surface area contributed by atoms with Crippen molar-refractivity contribution in [3.8, 4) is 0 Å². The van der Waals surface area contributed by atoms with Gasteiger partial charge >= 0.3 is 5.69 Å². The fourth-order valence-electron chi connectivity index (χ4n) is 1.58. The van der Waals surface area contributed by atoms with Gasteiger partial charge in [-0.3, -0.25) is 4.57 Å². The van der Waals surface area contributed by atoms with E-state index in [0.29, 0.717) is 0 Å². The van der Waals surface area contributed by atoms with E-state index in [1.807, 2.05) is 0 Å². The van der Waals surface area contributed by atoms with E-state index in [4.69, 9.17) is 10.8 Å². The van der Waals surface area contributed by atoms with Crippen LogP contribution in [0.5, 0.6) is 0 Å². The number of rotatable bonds is 2. The summed E-state index contributed by atoms with van der Waals surface area (Å²) in [7, 11) is 0. The molecule has 0 aromatic carbocycles. The van der Waals surface area contributed by atoms with Gasteiger partial charge in [-0.15, -0.1) is 11.8 Å². The summed E-state index contributed by atoms with van der Waals surface area (Å²) in [5, 5.41) is 9.22. The molecule has 1 saturated heterocycles. The molecule has 6 nitrogen and oxygen atoms in total. The van der Waals surface area contributed by atoms with Crippen molar-refractivity contribution in [1.82, 2.24) is 14.5 Å². The first-order valence-corrected chi connectivity index (χ1v) is 5.62. The molecule has 1 aliphatic heterocycles. The summed E-state index contributed by atoms with van der Waals surface area (Å²) in [5.74, 6) is -0.00189. The molecule has 0 amide bonds. The Labute approximate surface area is 90.5 Å². The number of anilines is 1. The summed E-state index contributed by atoms with van der Waals surface area (Å²) < 4.78 is 1.47. The molecular weight excluding hydrogens is 216 g/mol. The lowest BCUT2D eigenvalue weighted by Crippen LogP contribution is -2.26. The first-order chi connectivity index (χ1) is 7.20. The number of nitrogens with zero attached hydrogens (tertiary/aromatic N) is 3. The lowest BCUT2D eigenvalue weighted by molar-refractivity contribution is 0.292. The van der Waals surface area contributed by atoms with Crippen molar-refractivity contribution in [2.75, 3.05) is 12.3 Å². The monoisotopic (exact) mass is 228 g/mol. The first-order valence-electron chi connectivity index (χ1n) is 4.67. The van der Waals surface area contributed by atoms with E-state index in [0.717, 1.165) is 12.8 Å². The molecule has 0 radical (unpaired) electrons. The van der Waals surface area contributed by atoms with Gasteiger partial charge in [0, 0.05) is 5.25 Å². The van der Waals surface area contributed by atoms with Gasteiger partial charge in [0.2, 0.25) is 5.95 Å². The van der Waals surface area contributed by atoms with Crippen molar-refractivity contribution in [1.29, 1.82) is 0 Å². The highest BCUT2D eigenvalue weighted by Crippen LogP contribution is 2.39. The van der Waals surface area contributed by atoms with Crippen LogP contribution in [0.1, 0.15) is 18.2 Å². The molecule has 1 aliphatic rings. The van der Waals surface area contributed by atoms with Crippen molar-refractivity contribution in [3.05, 3.63) is 16.8 Å². The number of aliphatic hydroxyl groups is 1. The molecule has 1 aromatic heterocycles. The third kappa shape index (κ3) is 2.13. The molecule has 82 valence electrons. The minimum absolute atomic E-state index is 0.00189. The number of nitrogen functional groups attached to an aromatic ring is 1. The average Bonchev–Trinajstić information content (AvgIpc) is 2.66. The minimum Gasteiger partial charge on any atom is -0.395 e. The Bertz CT molecular complexity index is 408. The maximum Gasteiger partial charge on any atom is 0.353 e. The van der Waals surface area contributed by atoms with Crippen LogP contribution >= 0.6 is 11.8 Å². The summed E-state index contributed by atoms with van der Waals surface area (Å²) in [6.07, 6.45) is 3.17. The number of hydrogen-bond acceptors (Lipinski definition) is 6. The highest BCUT2D eigenvalue weighted by molar-refractivity contribution is 8.00. The number of nitrogens with two attached hydrogens (primary N) is 1. The second-order valence-corrected chi connectivity index (χ2v) is 4.86. The Kier molecular flexibility index (Phi) is 2.92. The normalized spacial score (nSPS) is 25.7. The van der Waals surface area contributed by atoms with Crippen LogP contribution < -0.4 is 11.4 Å². The summed E-state index contributed by atoms with van der Waals surface area (Å²) in [4.78, 5) is 18.8. The van der Waals surface area contributed by atoms with Crippen LogP contribution in [0.15, 0.2) is 11.1 Å². The SMILES string of the molecule is Nc1ncn([C@H]2CC[C@@H](CO)S2)c(=O)n1. The number of aliphatic hydroxyl groups excluding tert-OH is 1. The third-order valence-electron chi connectivity index (χ3n) is 2.34. The van der Waals surface area contributed by atoms with Gasteiger partial charge in [-0.05, 0) is 12.8 Å². The second-order valence-electron chi connectivity index (χ2n) is 3.38. The first kappa shape index (κ1) is 10.4. The maximum absolute atomic E-state index is 11.5. The van der Waals surface area contributed by atoms with Gasteiger partial charge in [0.1, 0.15) is 6.33 Å². The van der Waals surface area contributed by atoms with E-state index in [9.17, 15) is 4.79 Å². The molecule has 0 bridgehead atoms. The molecular formula is C8H12N4O2S. The number of hydrogen-bond donors (Lipinski definition) is 2. The molecule has 2 rings (SSSR count). The van der Waals surface area contributed by atoms with Gasteiger partial charge in [-0.1, -0.05) is 0 Å². The Morgan fingerprint density at radius 1 is 1.67 bits per heavy atom. The quantitative estimate of drug-likeness (QED) is 0.715. The average molecular weight is 228 g/mol.